The third-order valence-electron chi connectivity index (χ3n) is 1.14. The minimum atomic E-state index is 0.197. The smallest absolute Gasteiger partial charge is 0.157 e. The van der Waals surface area contributed by atoms with Gasteiger partial charge in [-0.2, -0.15) is 10.5 Å². The van der Waals surface area contributed by atoms with E-state index in [9.17, 15) is 0 Å². The van der Waals surface area contributed by atoms with Gasteiger partial charge in [-0.3, -0.25) is 4.68 Å². The number of nitrogens with two attached hydrogens (primary N) is 1. The number of nitrogens with zero attached hydrogens (tertiary/aromatic N) is 3. The molecule has 0 radical (unpaired) electrons. The maximum Gasteiger partial charge on any atom is 0.157 e. The lowest BCUT2D eigenvalue weighted by atomic mass is 10.3. The van der Waals surface area contributed by atoms with Crippen molar-refractivity contribution in [3.8, 4) is 12.1 Å². The van der Waals surface area contributed by atoms with E-state index in [0.717, 1.165) is 4.68 Å². The topological polar surface area (TPSA) is 78.5 Å². The Labute approximate surface area is 57.7 Å². The van der Waals surface area contributed by atoms with Crippen LogP contribution in [0.15, 0.2) is 12.3 Å². The summed E-state index contributed by atoms with van der Waals surface area (Å²) in [5.41, 5.74) is 0.507. The molecule has 0 amide bonds. The predicted octanol–water partition coefficient (Wildman–Crippen LogP) is -0.0547. The molecule has 0 aliphatic carbocycles. The number of nitrogen functional groups attached to an aromatic ring is 1. The Kier molecular flexibility index (Phi) is 1.31. The molecule has 0 saturated carbocycles. The van der Waals surface area contributed by atoms with Gasteiger partial charge in [0.25, 0.3) is 0 Å². The standard InChI is InChI=1S/C6H4N4/c7-3-5-1-2-10(9)6(5)4-8/h1-2H,9H2/i4+2. The van der Waals surface area contributed by atoms with Crippen molar-refractivity contribution in [3.05, 3.63) is 23.5 Å². The molecule has 0 bridgehead atoms. The molecule has 2 N–H and O–H groups in total. The monoisotopic (exact) mass is 134 g/mol. The lowest BCUT2D eigenvalue weighted by Crippen LogP contribution is -2.08. The minimum absolute atomic E-state index is 0.197. The van der Waals surface area contributed by atoms with Gasteiger partial charge in [0, 0.05) is 6.20 Å². The van der Waals surface area contributed by atoms with Crippen LogP contribution in [0.5, 0.6) is 0 Å². The summed E-state index contributed by atoms with van der Waals surface area (Å²) in [5.74, 6) is 5.27. The van der Waals surface area contributed by atoms with Crippen LogP contribution in [0.25, 0.3) is 0 Å². The third kappa shape index (κ3) is 0.684. The van der Waals surface area contributed by atoms with E-state index in [2.05, 4.69) is 0 Å². The normalized spacial score (nSPS) is 8.20. The van der Waals surface area contributed by atoms with E-state index >= 15 is 0 Å². The van der Waals surface area contributed by atoms with E-state index in [1.165, 1.54) is 12.3 Å². The quantitative estimate of drug-likeness (QED) is 0.505. The highest BCUT2D eigenvalue weighted by molar-refractivity contribution is 5.41. The van der Waals surface area contributed by atoms with Gasteiger partial charge < -0.3 is 5.84 Å². The van der Waals surface area contributed by atoms with Crippen molar-refractivity contribution >= 4 is 0 Å². The summed E-state index contributed by atoms with van der Waals surface area (Å²) in [5, 5.41) is 16.8. The zero-order valence-electron chi connectivity index (χ0n) is 5.07. The molecule has 0 aromatic carbocycles. The van der Waals surface area contributed by atoms with Crippen molar-refractivity contribution in [1.82, 2.24) is 4.68 Å². The Morgan fingerprint density at radius 2 is 2.40 bits per heavy atom. The molecule has 0 fully saturated rings. The van der Waals surface area contributed by atoms with Gasteiger partial charge in [0.05, 0.1) is 5.56 Å². The highest BCUT2D eigenvalue weighted by atomic mass is 15.3. The fourth-order valence-corrected chi connectivity index (χ4v) is 0.656. The van der Waals surface area contributed by atoms with Crippen LogP contribution in [0.3, 0.4) is 0 Å². The van der Waals surface area contributed by atoms with E-state index in [-0.39, 0.29) is 5.69 Å². The number of nitriles is 2. The summed E-state index contributed by atoms with van der Waals surface area (Å²) in [6.07, 6.45) is 1.47. The molecule has 0 saturated heterocycles. The van der Waals surface area contributed by atoms with E-state index in [1.54, 1.807) is 0 Å². The maximum atomic E-state index is 8.42. The van der Waals surface area contributed by atoms with Crippen molar-refractivity contribution in [2.45, 2.75) is 0 Å². The first-order valence-electron chi connectivity index (χ1n) is 2.56. The Morgan fingerprint density at radius 1 is 1.70 bits per heavy atom. The SMILES string of the molecule is N#Cc1ccn(N)c1[14C]#N. The highest BCUT2D eigenvalue weighted by Gasteiger charge is 2.03. The van der Waals surface area contributed by atoms with Crippen molar-refractivity contribution in [1.29, 1.82) is 10.5 Å². The van der Waals surface area contributed by atoms with E-state index in [0.29, 0.717) is 5.56 Å². The lowest BCUT2D eigenvalue weighted by Gasteiger charge is -1.89. The molecule has 0 unspecified atom stereocenters. The maximum absolute atomic E-state index is 8.42. The number of hydrogen-bond donors (Lipinski definition) is 1. The zero-order valence-corrected chi connectivity index (χ0v) is 5.07. The fraction of sp³-hybridized carbons (Fsp3) is 0. The summed E-state index contributed by atoms with van der Waals surface area (Å²) in [6, 6.07) is 5.15. The zero-order chi connectivity index (χ0) is 7.56. The molecular formula is C6H4N4. The first kappa shape index (κ1) is 6.18. The Hall–Kier alpha value is -1.94. The molecule has 10 heavy (non-hydrogen) atoms. The fourth-order valence-electron chi connectivity index (χ4n) is 0.656. The van der Waals surface area contributed by atoms with E-state index < -0.39 is 0 Å². The summed E-state index contributed by atoms with van der Waals surface area (Å²) in [7, 11) is 0. The molecule has 4 heteroatoms. The molecule has 0 atom stereocenters. The lowest BCUT2D eigenvalue weighted by molar-refractivity contribution is 0.992. The highest BCUT2D eigenvalue weighted by Crippen LogP contribution is 2.03. The average Bonchev–Trinajstić information content (AvgIpc) is 2.30. The molecule has 1 rings (SSSR count). The van der Waals surface area contributed by atoms with Crippen molar-refractivity contribution in [3.63, 3.8) is 0 Å². The van der Waals surface area contributed by atoms with Gasteiger partial charge in [0.1, 0.15) is 12.1 Å². The van der Waals surface area contributed by atoms with Gasteiger partial charge in [0.2, 0.25) is 0 Å². The van der Waals surface area contributed by atoms with Crippen molar-refractivity contribution < 1.29 is 0 Å². The molecule has 1 aromatic rings. The largest absolute Gasteiger partial charge is 0.338 e. The Morgan fingerprint density at radius 3 is 2.80 bits per heavy atom. The Bertz CT molecular complexity index is 322. The van der Waals surface area contributed by atoms with Crippen LogP contribution >= 0.6 is 0 Å². The number of aromatic nitrogens is 1. The second-order valence-corrected chi connectivity index (χ2v) is 1.71. The van der Waals surface area contributed by atoms with Crippen LogP contribution in [0.4, 0.5) is 0 Å². The minimum Gasteiger partial charge on any atom is -0.338 e. The second kappa shape index (κ2) is 2.12. The van der Waals surface area contributed by atoms with E-state index in [4.69, 9.17) is 16.4 Å². The van der Waals surface area contributed by atoms with Gasteiger partial charge in [-0.1, -0.05) is 0 Å². The van der Waals surface area contributed by atoms with E-state index in [1.807, 2.05) is 12.1 Å². The summed E-state index contributed by atoms with van der Waals surface area (Å²) in [4.78, 5) is 0. The molecule has 0 aliphatic rings. The van der Waals surface area contributed by atoms with Crippen molar-refractivity contribution in [2.75, 3.05) is 5.84 Å². The first-order chi connectivity index (χ1) is 4.79. The van der Waals surface area contributed by atoms with Gasteiger partial charge in [0.15, 0.2) is 5.69 Å². The molecule has 1 aromatic heterocycles. The summed E-state index contributed by atoms with van der Waals surface area (Å²) >= 11 is 0. The molecule has 1 heterocycles. The van der Waals surface area contributed by atoms with Crippen LogP contribution in [0.1, 0.15) is 11.3 Å². The molecule has 0 aliphatic heterocycles. The van der Waals surface area contributed by atoms with Crippen LogP contribution in [0.2, 0.25) is 0 Å². The first-order valence-corrected chi connectivity index (χ1v) is 2.56. The molecule has 4 nitrogen and oxygen atoms in total. The van der Waals surface area contributed by atoms with Crippen LogP contribution in [0, 0.1) is 22.7 Å². The molecule has 48 valence electrons. The number of hydrogen-bond acceptors (Lipinski definition) is 3. The van der Waals surface area contributed by atoms with Gasteiger partial charge in [-0.25, -0.2) is 0 Å². The summed E-state index contributed by atoms with van der Waals surface area (Å²) in [6.45, 7) is 0. The number of rotatable bonds is 0. The molecular weight excluding hydrogens is 130 g/mol. The van der Waals surface area contributed by atoms with Crippen molar-refractivity contribution in [2.24, 2.45) is 0 Å². The van der Waals surface area contributed by atoms with Gasteiger partial charge in [-0.15, -0.1) is 0 Å². The Balaban J connectivity index is 3.34. The summed E-state index contributed by atoms with van der Waals surface area (Å²) < 4.78 is 1.12. The average molecular weight is 134 g/mol. The van der Waals surface area contributed by atoms with Crippen LogP contribution < -0.4 is 5.84 Å². The third-order valence-corrected chi connectivity index (χ3v) is 1.14. The van der Waals surface area contributed by atoms with Crippen LogP contribution in [-0.2, 0) is 0 Å². The van der Waals surface area contributed by atoms with Crippen LogP contribution in [-0.4, -0.2) is 4.68 Å². The molecule has 0 spiro atoms. The predicted molar refractivity (Wildman–Crippen MR) is 34.0 cm³/mol. The van der Waals surface area contributed by atoms with Gasteiger partial charge in [-0.05, 0) is 6.07 Å². The van der Waals surface area contributed by atoms with Gasteiger partial charge >= 0.3 is 0 Å². The second-order valence-electron chi connectivity index (χ2n) is 1.71.